The summed E-state index contributed by atoms with van der Waals surface area (Å²) in [5.41, 5.74) is -0.793. The number of carbonyl (C=O) groups is 2. The van der Waals surface area contributed by atoms with Crippen LogP contribution in [-0.2, 0) is 0 Å². The van der Waals surface area contributed by atoms with Crippen molar-refractivity contribution in [2.45, 2.75) is 30.8 Å². The summed E-state index contributed by atoms with van der Waals surface area (Å²) >= 11 is 0. The maximum Gasteiger partial charge on any atom is 0.414 e. The van der Waals surface area contributed by atoms with Gasteiger partial charge in [0.2, 0.25) is 11.2 Å². The largest absolute Gasteiger partial charge is 0.414 e. The molecule has 0 radical (unpaired) electrons. The second kappa shape index (κ2) is 9.38. The summed E-state index contributed by atoms with van der Waals surface area (Å²) in [4.78, 5) is 41.3. The van der Waals surface area contributed by atoms with E-state index in [9.17, 15) is 23.2 Å². The molecular weight excluding hydrogens is 489 g/mol. The molecule has 5 rings (SSSR count). The molecule has 8 nitrogen and oxygen atoms in total. The van der Waals surface area contributed by atoms with Crippen molar-refractivity contribution < 1.29 is 27.5 Å². The molecule has 0 aliphatic carbocycles. The number of hydrogen-bond donors (Lipinski definition) is 0. The highest BCUT2D eigenvalue weighted by Crippen LogP contribution is 2.46. The lowest BCUT2D eigenvalue weighted by Crippen LogP contribution is -2.51. The Morgan fingerprint density at radius 1 is 1.14 bits per heavy atom. The van der Waals surface area contributed by atoms with Gasteiger partial charge in [-0.05, 0) is 36.6 Å². The van der Waals surface area contributed by atoms with E-state index in [0.717, 1.165) is 17.2 Å². The van der Waals surface area contributed by atoms with E-state index in [1.165, 1.54) is 54.0 Å². The maximum absolute atomic E-state index is 15.3. The van der Waals surface area contributed by atoms with Crippen LogP contribution in [0.25, 0.3) is 0 Å². The Morgan fingerprint density at radius 2 is 1.89 bits per heavy atom. The van der Waals surface area contributed by atoms with Crippen molar-refractivity contribution in [3.05, 3.63) is 93.2 Å². The monoisotopic (exact) mass is 512 g/mol. The SMILES string of the molecule is CN(C)C(=O)Oc1c2n(ncc1=O)[C@@H]([C@H](c1cccc(F)c1)c1cccc(F)c1F)[C@H]1CCCN1C2=O. The zero-order valence-corrected chi connectivity index (χ0v) is 20.0. The van der Waals surface area contributed by atoms with Gasteiger partial charge >= 0.3 is 6.09 Å². The lowest BCUT2D eigenvalue weighted by Gasteiger charge is -2.42. The van der Waals surface area contributed by atoms with Crippen LogP contribution in [0.2, 0.25) is 0 Å². The average Bonchev–Trinajstić information content (AvgIpc) is 3.35. The van der Waals surface area contributed by atoms with Crippen LogP contribution in [0.15, 0.2) is 53.5 Å². The Morgan fingerprint density at radius 3 is 2.62 bits per heavy atom. The van der Waals surface area contributed by atoms with Gasteiger partial charge in [-0.2, -0.15) is 5.10 Å². The van der Waals surface area contributed by atoms with Crippen molar-refractivity contribution in [2.24, 2.45) is 0 Å². The van der Waals surface area contributed by atoms with E-state index in [2.05, 4.69) is 5.10 Å². The van der Waals surface area contributed by atoms with Gasteiger partial charge in [0.05, 0.1) is 18.3 Å². The number of carbonyl (C=O) groups excluding carboxylic acids is 2. The fraction of sp³-hybridized carbons (Fsp3) is 0.308. The minimum absolute atomic E-state index is 0.0601. The number of nitrogens with zero attached hydrogens (tertiary/aromatic N) is 4. The normalized spacial score (nSPS) is 19.3. The first-order chi connectivity index (χ1) is 17.7. The third-order valence-electron chi connectivity index (χ3n) is 6.83. The summed E-state index contributed by atoms with van der Waals surface area (Å²) in [6.07, 6.45) is 1.16. The first kappa shape index (κ1) is 24.5. The number of hydrogen-bond acceptors (Lipinski definition) is 5. The molecule has 192 valence electrons. The number of ether oxygens (including phenoxy) is 1. The molecule has 2 aromatic carbocycles. The van der Waals surface area contributed by atoms with Gasteiger partial charge in [0.25, 0.3) is 5.91 Å². The molecule has 0 saturated carbocycles. The molecule has 2 aliphatic rings. The van der Waals surface area contributed by atoms with Crippen LogP contribution in [0.4, 0.5) is 18.0 Å². The number of halogens is 3. The van der Waals surface area contributed by atoms with E-state index in [0.29, 0.717) is 24.9 Å². The van der Waals surface area contributed by atoms with Crippen LogP contribution in [0.3, 0.4) is 0 Å². The third-order valence-corrected chi connectivity index (χ3v) is 6.83. The molecule has 0 unspecified atom stereocenters. The summed E-state index contributed by atoms with van der Waals surface area (Å²) < 4.78 is 50.7. The van der Waals surface area contributed by atoms with Crippen molar-refractivity contribution >= 4 is 12.0 Å². The lowest BCUT2D eigenvalue weighted by molar-refractivity contribution is 0.0563. The Balaban J connectivity index is 1.79. The molecule has 1 fully saturated rings. The van der Waals surface area contributed by atoms with Crippen molar-refractivity contribution in [1.29, 1.82) is 0 Å². The number of fused-ring (bicyclic) bond motifs is 2. The van der Waals surface area contributed by atoms with Gasteiger partial charge in [-0.25, -0.2) is 22.6 Å². The van der Waals surface area contributed by atoms with E-state index in [4.69, 9.17) is 4.74 Å². The molecule has 3 heterocycles. The highest BCUT2D eigenvalue weighted by Gasteiger charge is 2.49. The van der Waals surface area contributed by atoms with E-state index < -0.39 is 58.6 Å². The molecule has 1 aromatic heterocycles. The van der Waals surface area contributed by atoms with E-state index in [-0.39, 0.29) is 11.3 Å². The minimum atomic E-state index is -1.11. The molecule has 0 bridgehead atoms. The fourth-order valence-electron chi connectivity index (χ4n) is 5.23. The molecule has 0 spiro atoms. The molecule has 3 aromatic rings. The highest BCUT2D eigenvalue weighted by atomic mass is 19.2. The molecule has 1 saturated heterocycles. The van der Waals surface area contributed by atoms with Crippen molar-refractivity contribution in [2.75, 3.05) is 20.6 Å². The van der Waals surface area contributed by atoms with Crippen LogP contribution in [-0.4, -0.2) is 58.3 Å². The zero-order chi connectivity index (χ0) is 26.4. The molecule has 0 N–H and O–H groups in total. The van der Waals surface area contributed by atoms with Crippen LogP contribution >= 0.6 is 0 Å². The number of aromatic nitrogens is 2. The van der Waals surface area contributed by atoms with Gasteiger partial charge in [-0.1, -0.05) is 24.3 Å². The van der Waals surface area contributed by atoms with Crippen LogP contribution < -0.4 is 10.2 Å². The molecule has 11 heteroatoms. The van der Waals surface area contributed by atoms with Crippen LogP contribution in [0, 0.1) is 17.5 Å². The van der Waals surface area contributed by atoms with Gasteiger partial charge < -0.3 is 14.5 Å². The van der Waals surface area contributed by atoms with Gasteiger partial charge in [0, 0.05) is 32.1 Å². The summed E-state index contributed by atoms with van der Waals surface area (Å²) in [5, 5.41) is 4.21. The van der Waals surface area contributed by atoms with Crippen LogP contribution in [0.5, 0.6) is 5.75 Å². The Kier molecular flexibility index (Phi) is 6.22. The number of amides is 2. The molecule has 2 aliphatic heterocycles. The van der Waals surface area contributed by atoms with Gasteiger partial charge in [-0.3, -0.25) is 9.59 Å². The first-order valence-corrected chi connectivity index (χ1v) is 11.7. The molecule has 3 atom stereocenters. The Hall–Kier alpha value is -4.15. The van der Waals surface area contributed by atoms with E-state index in [1.807, 2.05) is 0 Å². The zero-order valence-electron chi connectivity index (χ0n) is 20.0. The summed E-state index contributed by atoms with van der Waals surface area (Å²) in [6, 6.07) is 7.84. The minimum Gasteiger partial charge on any atom is -0.403 e. The summed E-state index contributed by atoms with van der Waals surface area (Å²) in [6.45, 7) is 0.339. The Bertz CT molecular complexity index is 1460. The average molecular weight is 512 g/mol. The van der Waals surface area contributed by atoms with Crippen molar-refractivity contribution in [3.8, 4) is 5.75 Å². The number of benzene rings is 2. The fourth-order valence-corrected chi connectivity index (χ4v) is 5.23. The maximum atomic E-state index is 15.3. The predicted molar refractivity (Wildman–Crippen MR) is 126 cm³/mol. The van der Waals surface area contributed by atoms with E-state index >= 15 is 4.39 Å². The van der Waals surface area contributed by atoms with E-state index in [1.54, 1.807) is 6.07 Å². The highest BCUT2D eigenvalue weighted by molar-refractivity contribution is 5.97. The summed E-state index contributed by atoms with van der Waals surface area (Å²) in [7, 11) is 2.84. The number of rotatable bonds is 4. The predicted octanol–water partition coefficient (Wildman–Crippen LogP) is 3.71. The second-order valence-corrected chi connectivity index (χ2v) is 9.27. The lowest BCUT2D eigenvalue weighted by atomic mass is 9.79. The molecular formula is C26H23F3N4O4. The molecule has 37 heavy (non-hydrogen) atoms. The van der Waals surface area contributed by atoms with Gasteiger partial charge in [0.15, 0.2) is 17.3 Å². The van der Waals surface area contributed by atoms with Crippen molar-refractivity contribution in [3.63, 3.8) is 0 Å². The standard InChI is InChI=1S/C26H23F3N4O4/c1-31(2)26(36)37-24-19(34)13-30-33-22(18-10-5-11-32(18)25(35)23(24)33)20(14-6-3-7-15(27)12-14)16-8-4-9-17(28)21(16)29/h3-4,6-9,12-13,18,20,22H,5,10-11H2,1-2H3/t18-,20-,22-/m1/s1. The van der Waals surface area contributed by atoms with Crippen molar-refractivity contribution in [1.82, 2.24) is 19.6 Å². The Labute approximate surface area is 209 Å². The molecule has 2 amide bonds. The quantitative estimate of drug-likeness (QED) is 0.532. The second-order valence-electron chi connectivity index (χ2n) is 9.27. The third kappa shape index (κ3) is 4.13. The first-order valence-electron chi connectivity index (χ1n) is 11.7. The topological polar surface area (TPSA) is 84.7 Å². The smallest absolute Gasteiger partial charge is 0.403 e. The van der Waals surface area contributed by atoms with Gasteiger partial charge in [-0.15, -0.1) is 0 Å². The van der Waals surface area contributed by atoms with Crippen LogP contribution in [0.1, 0.15) is 46.4 Å². The van der Waals surface area contributed by atoms with Gasteiger partial charge in [0.1, 0.15) is 5.82 Å². The summed E-state index contributed by atoms with van der Waals surface area (Å²) in [5.74, 6) is -4.85.